The summed E-state index contributed by atoms with van der Waals surface area (Å²) < 4.78 is 5.64. The van der Waals surface area contributed by atoms with Crippen LogP contribution >= 0.6 is 11.3 Å². The minimum Gasteiger partial charge on any atom is -0.484 e. The Kier molecular flexibility index (Phi) is 6.27. The van der Waals surface area contributed by atoms with Gasteiger partial charge in [-0.1, -0.05) is 36.4 Å². The molecule has 0 fully saturated rings. The summed E-state index contributed by atoms with van der Waals surface area (Å²) in [6.45, 7) is 4.52. The summed E-state index contributed by atoms with van der Waals surface area (Å²) in [6, 6.07) is 18.7. The van der Waals surface area contributed by atoms with Crippen LogP contribution in [0.25, 0.3) is 0 Å². The maximum absolute atomic E-state index is 12.4. The van der Waals surface area contributed by atoms with E-state index in [-0.39, 0.29) is 18.6 Å². The molecule has 3 aromatic rings. The topological polar surface area (TPSA) is 41.6 Å². The van der Waals surface area contributed by atoms with Crippen LogP contribution in [0, 0.1) is 6.92 Å². The summed E-state index contributed by atoms with van der Waals surface area (Å²) in [4.78, 5) is 14.9. The maximum Gasteiger partial charge on any atom is 0.258 e. The number of nitrogens with one attached hydrogen (secondary N) is 1. The van der Waals surface area contributed by atoms with Gasteiger partial charge in [-0.15, -0.1) is 0 Å². The molecule has 2 heterocycles. The fourth-order valence-electron chi connectivity index (χ4n) is 3.82. The lowest BCUT2D eigenvalue weighted by atomic mass is 9.97. The number of aryl methyl sites for hydroxylation is 1. The van der Waals surface area contributed by atoms with E-state index in [1.807, 2.05) is 31.2 Å². The number of benzene rings is 2. The van der Waals surface area contributed by atoms with Gasteiger partial charge in [0, 0.05) is 19.6 Å². The van der Waals surface area contributed by atoms with Crippen molar-refractivity contribution in [3.63, 3.8) is 0 Å². The van der Waals surface area contributed by atoms with E-state index in [0.29, 0.717) is 6.54 Å². The summed E-state index contributed by atoms with van der Waals surface area (Å²) >= 11 is 1.70. The Labute approximate surface area is 176 Å². The summed E-state index contributed by atoms with van der Waals surface area (Å²) in [5.41, 5.74) is 5.19. The molecule has 1 atom stereocenters. The molecule has 0 radical (unpaired) electrons. The number of carbonyl (C=O) groups excluding carboxylic acids is 1. The van der Waals surface area contributed by atoms with Crippen molar-refractivity contribution in [2.24, 2.45) is 0 Å². The van der Waals surface area contributed by atoms with Crippen LogP contribution < -0.4 is 10.1 Å². The lowest BCUT2D eigenvalue weighted by Gasteiger charge is -2.35. The van der Waals surface area contributed by atoms with Gasteiger partial charge in [-0.25, -0.2) is 0 Å². The van der Waals surface area contributed by atoms with Crippen LogP contribution in [0.2, 0.25) is 0 Å². The van der Waals surface area contributed by atoms with Crippen LogP contribution in [-0.4, -0.2) is 30.5 Å². The number of amides is 1. The quantitative estimate of drug-likeness (QED) is 0.634. The van der Waals surface area contributed by atoms with Crippen LogP contribution in [0.5, 0.6) is 5.75 Å². The van der Waals surface area contributed by atoms with Crippen molar-refractivity contribution in [2.75, 3.05) is 19.7 Å². The van der Waals surface area contributed by atoms with Crippen molar-refractivity contribution in [3.05, 3.63) is 87.6 Å². The van der Waals surface area contributed by atoms with Gasteiger partial charge >= 0.3 is 0 Å². The molecule has 5 heteroatoms. The highest BCUT2D eigenvalue weighted by atomic mass is 32.1. The molecule has 0 spiro atoms. The zero-order chi connectivity index (χ0) is 20.1. The molecule has 1 N–H and O–H groups in total. The summed E-state index contributed by atoms with van der Waals surface area (Å²) in [6.07, 6.45) is 1.04. The highest BCUT2D eigenvalue weighted by Gasteiger charge is 2.25. The molecule has 150 valence electrons. The van der Waals surface area contributed by atoms with E-state index in [2.05, 4.69) is 51.3 Å². The Morgan fingerprint density at radius 2 is 2.03 bits per heavy atom. The van der Waals surface area contributed by atoms with E-state index in [1.54, 1.807) is 11.3 Å². The third kappa shape index (κ3) is 5.05. The lowest BCUT2D eigenvalue weighted by Crippen LogP contribution is -2.41. The number of hydrogen-bond acceptors (Lipinski definition) is 4. The molecule has 4 rings (SSSR count). The van der Waals surface area contributed by atoms with Crippen LogP contribution in [0.15, 0.2) is 65.4 Å². The number of rotatable bonds is 7. The molecule has 0 saturated carbocycles. The molecule has 2 aromatic carbocycles. The van der Waals surface area contributed by atoms with Gasteiger partial charge in [0.25, 0.3) is 5.91 Å². The number of ether oxygens (including phenoxy) is 1. The molecule has 0 saturated heterocycles. The highest BCUT2D eigenvalue weighted by molar-refractivity contribution is 7.07. The first-order chi connectivity index (χ1) is 14.2. The minimum atomic E-state index is -0.0934. The molecule has 0 bridgehead atoms. The largest absolute Gasteiger partial charge is 0.484 e. The third-order valence-corrected chi connectivity index (χ3v) is 6.08. The Bertz CT molecular complexity index is 955. The third-order valence-electron chi connectivity index (χ3n) is 5.38. The molecule has 29 heavy (non-hydrogen) atoms. The molecule has 0 aliphatic carbocycles. The molecule has 1 aromatic heterocycles. The van der Waals surface area contributed by atoms with E-state index >= 15 is 0 Å². The first-order valence-electron chi connectivity index (χ1n) is 9.98. The van der Waals surface area contributed by atoms with Crippen LogP contribution in [0.3, 0.4) is 0 Å². The van der Waals surface area contributed by atoms with E-state index in [0.717, 1.165) is 30.8 Å². The maximum atomic E-state index is 12.4. The van der Waals surface area contributed by atoms with Crippen molar-refractivity contribution < 1.29 is 9.53 Å². The average molecular weight is 407 g/mol. The van der Waals surface area contributed by atoms with Gasteiger partial charge in [-0.05, 0) is 64.6 Å². The molecular formula is C24H26N2O2S. The van der Waals surface area contributed by atoms with Crippen molar-refractivity contribution >= 4 is 17.2 Å². The number of hydrogen-bond donors (Lipinski definition) is 1. The fourth-order valence-corrected chi connectivity index (χ4v) is 4.53. The standard InChI is InChI=1S/C24H26N2O2S/c1-18-5-4-8-22(13-18)28-16-24(27)25-14-23(21-10-12-29-17-21)26-11-9-19-6-2-3-7-20(19)15-26/h2-8,10,12-13,17,23H,9,11,14-16H2,1H3,(H,25,27). The second-order valence-corrected chi connectivity index (χ2v) is 8.25. The average Bonchev–Trinajstić information content (AvgIpc) is 3.27. The summed E-state index contributed by atoms with van der Waals surface area (Å²) in [5, 5.41) is 7.36. The summed E-state index contributed by atoms with van der Waals surface area (Å²) in [5.74, 6) is 0.631. The van der Waals surface area contributed by atoms with Crippen molar-refractivity contribution in [1.82, 2.24) is 10.2 Å². The fraction of sp³-hybridized carbons (Fsp3) is 0.292. The molecule has 1 unspecified atom stereocenters. The summed E-state index contributed by atoms with van der Waals surface area (Å²) in [7, 11) is 0. The smallest absolute Gasteiger partial charge is 0.258 e. The Morgan fingerprint density at radius 1 is 1.17 bits per heavy atom. The second kappa shape index (κ2) is 9.25. The zero-order valence-electron chi connectivity index (χ0n) is 16.6. The van der Waals surface area contributed by atoms with E-state index < -0.39 is 0 Å². The van der Waals surface area contributed by atoms with E-state index in [4.69, 9.17) is 4.74 Å². The van der Waals surface area contributed by atoms with Crippen molar-refractivity contribution in [2.45, 2.75) is 25.9 Å². The second-order valence-electron chi connectivity index (χ2n) is 7.47. The van der Waals surface area contributed by atoms with Gasteiger partial charge < -0.3 is 10.1 Å². The highest BCUT2D eigenvalue weighted by Crippen LogP contribution is 2.28. The molecular weight excluding hydrogens is 380 g/mol. The number of fused-ring (bicyclic) bond motifs is 1. The van der Waals surface area contributed by atoms with Gasteiger partial charge in [0.05, 0.1) is 6.04 Å². The van der Waals surface area contributed by atoms with Gasteiger partial charge in [0.2, 0.25) is 0 Å². The zero-order valence-corrected chi connectivity index (χ0v) is 17.5. The van der Waals surface area contributed by atoms with Gasteiger partial charge in [-0.3, -0.25) is 9.69 Å². The minimum absolute atomic E-state index is 0.0304. The van der Waals surface area contributed by atoms with Crippen LogP contribution in [0.1, 0.15) is 28.3 Å². The number of nitrogens with zero attached hydrogens (tertiary/aromatic N) is 1. The van der Waals surface area contributed by atoms with E-state index in [9.17, 15) is 4.79 Å². The van der Waals surface area contributed by atoms with Crippen molar-refractivity contribution in [1.29, 1.82) is 0 Å². The normalized spacial score (nSPS) is 14.8. The molecule has 1 amide bonds. The van der Waals surface area contributed by atoms with Gasteiger partial charge in [0.15, 0.2) is 6.61 Å². The number of thiophene rings is 1. The first-order valence-corrected chi connectivity index (χ1v) is 10.9. The monoisotopic (exact) mass is 406 g/mol. The SMILES string of the molecule is Cc1cccc(OCC(=O)NCC(c2ccsc2)N2CCc3ccccc3C2)c1. The predicted octanol–water partition coefficient (Wildman–Crippen LogP) is 4.35. The van der Waals surface area contributed by atoms with E-state index in [1.165, 1.54) is 16.7 Å². The lowest BCUT2D eigenvalue weighted by molar-refractivity contribution is -0.123. The Balaban J connectivity index is 1.37. The molecule has 1 aliphatic rings. The molecule has 1 aliphatic heterocycles. The number of carbonyl (C=O) groups is 1. The van der Waals surface area contributed by atoms with Crippen molar-refractivity contribution in [3.8, 4) is 5.75 Å². The van der Waals surface area contributed by atoms with Gasteiger partial charge in [0.1, 0.15) is 5.75 Å². The Hall–Kier alpha value is -2.63. The van der Waals surface area contributed by atoms with Gasteiger partial charge in [-0.2, -0.15) is 11.3 Å². The van der Waals surface area contributed by atoms with Crippen LogP contribution in [0.4, 0.5) is 0 Å². The Morgan fingerprint density at radius 3 is 2.83 bits per heavy atom. The molecule has 4 nitrogen and oxygen atoms in total. The first kappa shape index (κ1) is 19.7. The van der Waals surface area contributed by atoms with Crippen LogP contribution in [-0.2, 0) is 17.8 Å². The predicted molar refractivity (Wildman–Crippen MR) is 117 cm³/mol.